The molecular formula is C12H9N5O3S. The Kier molecular flexibility index (Phi) is 3.40. The minimum atomic E-state index is -0.972. The van der Waals surface area contributed by atoms with Crippen molar-refractivity contribution in [1.29, 1.82) is 0 Å². The van der Waals surface area contributed by atoms with Crippen LogP contribution in [0.1, 0.15) is 15.9 Å². The molecule has 3 aromatic rings. The Morgan fingerprint density at radius 3 is 2.95 bits per heavy atom. The lowest BCUT2D eigenvalue weighted by molar-refractivity contribution is 0.0696. The summed E-state index contributed by atoms with van der Waals surface area (Å²) in [5.74, 6) is -0.319. The SMILES string of the molecule is O=C(O)c1ccccc1CSc1nnc2[nH]c(=O)cnn12. The fraction of sp³-hybridized carbons (Fsp3) is 0.0833. The molecule has 8 nitrogen and oxygen atoms in total. The summed E-state index contributed by atoms with van der Waals surface area (Å²) in [4.78, 5) is 24.8. The Hall–Kier alpha value is -2.68. The molecule has 0 saturated heterocycles. The number of rotatable bonds is 4. The summed E-state index contributed by atoms with van der Waals surface area (Å²) in [5, 5.41) is 21.3. The van der Waals surface area contributed by atoms with Gasteiger partial charge in [-0.1, -0.05) is 30.0 Å². The Bertz CT molecular complexity index is 872. The highest BCUT2D eigenvalue weighted by Crippen LogP contribution is 2.22. The van der Waals surface area contributed by atoms with E-state index in [1.165, 1.54) is 16.3 Å². The van der Waals surface area contributed by atoms with Crippen molar-refractivity contribution in [3.05, 3.63) is 51.9 Å². The van der Waals surface area contributed by atoms with E-state index in [1.807, 2.05) is 0 Å². The number of aromatic amines is 1. The van der Waals surface area contributed by atoms with Gasteiger partial charge in [0, 0.05) is 5.75 Å². The second-order valence-corrected chi connectivity index (χ2v) is 5.05. The van der Waals surface area contributed by atoms with Crippen LogP contribution in [-0.2, 0) is 5.75 Å². The Morgan fingerprint density at radius 1 is 1.33 bits per heavy atom. The van der Waals surface area contributed by atoms with Crippen LogP contribution in [-0.4, -0.2) is 35.9 Å². The van der Waals surface area contributed by atoms with Gasteiger partial charge in [0.25, 0.3) is 11.3 Å². The summed E-state index contributed by atoms with van der Waals surface area (Å²) in [6.07, 6.45) is 1.13. The maximum Gasteiger partial charge on any atom is 0.335 e. The number of aromatic nitrogens is 5. The molecule has 0 amide bonds. The van der Waals surface area contributed by atoms with Crippen molar-refractivity contribution in [2.24, 2.45) is 0 Å². The summed E-state index contributed by atoms with van der Waals surface area (Å²) in [7, 11) is 0. The topological polar surface area (TPSA) is 113 Å². The number of fused-ring (bicyclic) bond motifs is 1. The van der Waals surface area contributed by atoms with Gasteiger partial charge in [-0.25, -0.2) is 4.79 Å². The predicted octanol–water partition coefficient (Wildman–Crippen LogP) is 0.803. The van der Waals surface area contributed by atoms with E-state index in [2.05, 4.69) is 20.3 Å². The van der Waals surface area contributed by atoms with Gasteiger partial charge in [-0.2, -0.15) is 9.61 Å². The summed E-state index contributed by atoms with van der Waals surface area (Å²) in [6, 6.07) is 6.75. The van der Waals surface area contributed by atoms with Crippen LogP contribution >= 0.6 is 11.8 Å². The molecule has 0 aliphatic heterocycles. The first-order valence-corrected chi connectivity index (χ1v) is 6.88. The lowest BCUT2D eigenvalue weighted by Crippen LogP contribution is -2.09. The first kappa shape index (κ1) is 13.3. The van der Waals surface area contributed by atoms with E-state index >= 15 is 0 Å². The molecule has 2 N–H and O–H groups in total. The number of nitrogens with zero attached hydrogens (tertiary/aromatic N) is 4. The minimum absolute atomic E-state index is 0.247. The van der Waals surface area contributed by atoms with E-state index in [1.54, 1.807) is 24.3 Å². The van der Waals surface area contributed by atoms with E-state index < -0.39 is 5.97 Å². The number of thioether (sulfide) groups is 1. The zero-order chi connectivity index (χ0) is 14.8. The maximum atomic E-state index is 11.1. The van der Waals surface area contributed by atoms with E-state index in [4.69, 9.17) is 5.11 Å². The van der Waals surface area contributed by atoms with Crippen molar-refractivity contribution in [3.63, 3.8) is 0 Å². The molecule has 106 valence electrons. The molecule has 9 heteroatoms. The van der Waals surface area contributed by atoms with Gasteiger partial charge < -0.3 is 5.11 Å². The quantitative estimate of drug-likeness (QED) is 0.685. The van der Waals surface area contributed by atoms with Gasteiger partial charge in [-0.05, 0) is 11.6 Å². The van der Waals surface area contributed by atoms with Crippen LogP contribution in [0.2, 0.25) is 0 Å². The van der Waals surface area contributed by atoms with Gasteiger partial charge in [-0.15, -0.1) is 10.2 Å². The van der Waals surface area contributed by atoms with Crippen LogP contribution in [0.4, 0.5) is 0 Å². The number of hydrogen-bond donors (Lipinski definition) is 2. The van der Waals surface area contributed by atoms with Crippen LogP contribution in [0.3, 0.4) is 0 Å². The van der Waals surface area contributed by atoms with E-state index in [0.717, 1.165) is 6.20 Å². The Labute approximate surface area is 121 Å². The van der Waals surface area contributed by atoms with E-state index in [0.29, 0.717) is 16.5 Å². The monoisotopic (exact) mass is 303 g/mol. The number of benzene rings is 1. The third-order valence-corrected chi connectivity index (χ3v) is 3.71. The molecule has 0 unspecified atom stereocenters. The third-order valence-electron chi connectivity index (χ3n) is 2.74. The molecule has 0 saturated carbocycles. The number of hydrogen-bond acceptors (Lipinski definition) is 6. The Balaban J connectivity index is 1.87. The highest BCUT2D eigenvalue weighted by molar-refractivity contribution is 7.98. The minimum Gasteiger partial charge on any atom is -0.478 e. The van der Waals surface area contributed by atoms with Crippen LogP contribution in [0.25, 0.3) is 5.78 Å². The third kappa shape index (κ3) is 2.63. The van der Waals surface area contributed by atoms with Gasteiger partial charge in [0.2, 0.25) is 5.16 Å². The molecule has 0 fully saturated rings. The first-order valence-electron chi connectivity index (χ1n) is 5.90. The van der Waals surface area contributed by atoms with Crippen molar-refractivity contribution < 1.29 is 9.90 Å². The van der Waals surface area contributed by atoms with Gasteiger partial charge in [0.1, 0.15) is 6.20 Å². The lowest BCUT2D eigenvalue weighted by atomic mass is 10.1. The molecule has 21 heavy (non-hydrogen) atoms. The number of carbonyl (C=O) groups is 1. The molecule has 0 aliphatic carbocycles. The molecule has 1 aromatic carbocycles. The standard InChI is InChI=1S/C12H9N5O3S/c18-9-5-13-17-11(14-9)15-16-12(17)21-6-7-3-1-2-4-8(7)10(19)20/h1-5H,6H2,(H,19,20)(H,14,15,18). The van der Waals surface area contributed by atoms with Crippen molar-refractivity contribution in [3.8, 4) is 0 Å². The largest absolute Gasteiger partial charge is 0.478 e. The normalized spacial score (nSPS) is 10.9. The van der Waals surface area contributed by atoms with E-state index in [-0.39, 0.29) is 16.9 Å². The molecule has 3 rings (SSSR count). The maximum absolute atomic E-state index is 11.1. The highest BCUT2D eigenvalue weighted by atomic mass is 32.2. The van der Waals surface area contributed by atoms with Crippen LogP contribution in [0.5, 0.6) is 0 Å². The Morgan fingerprint density at radius 2 is 2.14 bits per heavy atom. The van der Waals surface area contributed by atoms with Crippen molar-refractivity contribution in [2.45, 2.75) is 10.9 Å². The number of carboxylic acids is 1. The highest BCUT2D eigenvalue weighted by Gasteiger charge is 2.12. The molecule has 0 atom stereocenters. The molecule has 2 aromatic heterocycles. The lowest BCUT2D eigenvalue weighted by Gasteiger charge is -2.04. The molecule has 0 bridgehead atoms. The van der Waals surface area contributed by atoms with Crippen LogP contribution in [0, 0.1) is 0 Å². The smallest absolute Gasteiger partial charge is 0.335 e. The molecule has 0 radical (unpaired) electrons. The summed E-state index contributed by atoms with van der Waals surface area (Å²) >= 11 is 1.29. The van der Waals surface area contributed by atoms with E-state index in [9.17, 15) is 9.59 Å². The summed E-state index contributed by atoms with van der Waals surface area (Å²) < 4.78 is 1.40. The van der Waals surface area contributed by atoms with Crippen LogP contribution in [0.15, 0.2) is 40.4 Å². The van der Waals surface area contributed by atoms with Gasteiger partial charge in [0.05, 0.1) is 5.56 Å². The first-order chi connectivity index (χ1) is 10.1. The van der Waals surface area contributed by atoms with Crippen molar-refractivity contribution >= 4 is 23.5 Å². The van der Waals surface area contributed by atoms with Crippen LogP contribution < -0.4 is 5.56 Å². The number of carboxylic acid groups (broad SMARTS) is 1. The number of aromatic carboxylic acids is 1. The second-order valence-electron chi connectivity index (χ2n) is 4.10. The fourth-order valence-electron chi connectivity index (χ4n) is 1.79. The summed E-state index contributed by atoms with van der Waals surface area (Å²) in [5.41, 5.74) is 0.569. The van der Waals surface area contributed by atoms with Gasteiger partial charge in [-0.3, -0.25) is 9.78 Å². The second kappa shape index (κ2) is 5.37. The number of nitrogens with one attached hydrogen (secondary N) is 1. The van der Waals surface area contributed by atoms with Gasteiger partial charge >= 0.3 is 5.97 Å². The average Bonchev–Trinajstić information content (AvgIpc) is 2.87. The number of H-pyrrole nitrogens is 1. The summed E-state index contributed by atoms with van der Waals surface area (Å²) in [6.45, 7) is 0. The fourth-order valence-corrected chi connectivity index (χ4v) is 2.68. The molecule has 0 spiro atoms. The van der Waals surface area contributed by atoms with Crippen molar-refractivity contribution in [2.75, 3.05) is 0 Å². The van der Waals surface area contributed by atoms with Crippen molar-refractivity contribution in [1.82, 2.24) is 24.8 Å². The molecule has 0 aliphatic rings. The van der Waals surface area contributed by atoms with Gasteiger partial charge in [0.15, 0.2) is 0 Å². The molecular weight excluding hydrogens is 294 g/mol. The average molecular weight is 303 g/mol. The zero-order valence-electron chi connectivity index (χ0n) is 10.6. The predicted molar refractivity (Wildman–Crippen MR) is 74.4 cm³/mol. The zero-order valence-corrected chi connectivity index (χ0v) is 11.4. The molecule has 2 heterocycles.